The summed E-state index contributed by atoms with van der Waals surface area (Å²) in [6, 6.07) is 1.64. The molecule has 0 aliphatic carbocycles. The summed E-state index contributed by atoms with van der Waals surface area (Å²) in [5.74, 6) is 0.382. The predicted molar refractivity (Wildman–Crippen MR) is 79.5 cm³/mol. The van der Waals surface area contributed by atoms with Crippen LogP contribution in [0.25, 0.3) is 0 Å². The van der Waals surface area contributed by atoms with Crippen molar-refractivity contribution in [3.05, 3.63) is 14.7 Å². The summed E-state index contributed by atoms with van der Waals surface area (Å²) >= 11 is 8.18. The van der Waals surface area contributed by atoms with Crippen LogP contribution >= 0.6 is 43.2 Å². The van der Waals surface area contributed by atoms with Gasteiger partial charge in [0.1, 0.15) is 0 Å². The molecule has 0 saturated carbocycles. The van der Waals surface area contributed by atoms with E-state index < -0.39 is 10.0 Å². The Balaban J connectivity index is 2.80. The molecular weight excluding hydrogens is 390 g/mol. The smallest absolute Gasteiger partial charge is 0.210 e. The molecule has 0 spiro atoms. The predicted octanol–water partition coefficient (Wildman–Crippen LogP) is 3.52. The van der Waals surface area contributed by atoms with E-state index >= 15 is 0 Å². The van der Waals surface area contributed by atoms with E-state index in [0.29, 0.717) is 17.4 Å². The van der Waals surface area contributed by atoms with Crippen LogP contribution in [0.3, 0.4) is 0 Å². The van der Waals surface area contributed by atoms with Crippen molar-refractivity contribution in [1.82, 2.24) is 4.72 Å². The number of sulfonamides is 1. The number of alkyl halides is 1. The molecule has 1 heterocycles. The third-order valence-electron chi connectivity index (χ3n) is 2.32. The van der Waals surface area contributed by atoms with Gasteiger partial charge < -0.3 is 0 Å². The number of hydrogen-bond donors (Lipinski definition) is 1. The Morgan fingerprint density at radius 1 is 1.47 bits per heavy atom. The summed E-state index contributed by atoms with van der Waals surface area (Å²) in [6.45, 7) is 6.28. The molecule has 0 aromatic carbocycles. The zero-order valence-corrected chi connectivity index (χ0v) is 14.6. The number of thiophene rings is 1. The maximum atomic E-state index is 12.0. The molecule has 1 aromatic rings. The van der Waals surface area contributed by atoms with E-state index in [4.69, 9.17) is 0 Å². The second kappa shape index (κ2) is 6.14. The van der Waals surface area contributed by atoms with Crippen LogP contribution < -0.4 is 4.72 Å². The van der Waals surface area contributed by atoms with Crippen LogP contribution in [0.4, 0.5) is 0 Å². The van der Waals surface area contributed by atoms with Gasteiger partial charge in [-0.1, -0.05) is 29.8 Å². The summed E-state index contributed by atoms with van der Waals surface area (Å²) in [5.41, 5.74) is 0. The van der Waals surface area contributed by atoms with Gasteiger partial charge in [0, 0.05) is 16.2 Å². The molecule has 0 bridgehead atoms. The molecule has 0 saturated heterocycles. The maximum Gasteiger partial charge on any atom is 0.241 e. The lowest BCUT2D eigenvalue weighted by Gasteiger charge is -2.14. The zero-order chi connectivity index (χ0) is 13.2. The molecule has 0 aliphatic heterocycles. The molecule has 1 unspecified atom stereocenters. The standard InChI is InChI=1S/C10H15Br2NO2S2/c1-6(2)8(11)5-13-17(14,15)9-4-10(12)16-7(9)3/h4,6,8,13H,5H2,1-3H3. The van der Waals surface area contributed by atoms with E-state index in [9.17, 15) is 8.42 Å². The van der Waals surface area contributed by atoms with Gasteiger partial charge in [-0.05, 0) is 34.8 Å². The Labute approximate surface area is 123 Å². The number of rotatable bonds is 5. The monoisotopic (exact) mass is 403 g/mol. The average Bonchev–Trinajstić information content (AvgIpc) is 2.55. The Morgan fingerprint density at radius 2 is 2.06 bits per heavy atom. The third kappa shape index (κ3) is 4.31. The van der Waals surface area contributed by atoms with E-state index in [2.05, 4.69) is 36.6 Å². The largest absolute Gasteiger partial charge is 0.241 e. The third-order valence-corrected chi connectivity index (χ3v) is 6.94. The molecule has 1 N–H and O–H groups in total. The van der Waals surface area contributed by atoms with Crippen LogP contribution in [0.2, 0.25) is 0 Å². The van der Waals surface area contributed by atoms with Gasteiger partial charge in [0.15, 0.2) is 0 Å². The topological polar surface area (TPSA) is 46.2 Å². The molecule has 0 fully saturated rings. The average molecular weight is 405 g/mol. The van der Waals surface area contributed by atoms with Gasteiger partial charge in [-0.2, -0.15) is 0 Å². The molecule has 98 valence electrons. The van der Waals surface area contributed by atoms with Gasteiger partial charge in [-0.15, -0.1) is 11.3 Å². The first-order chi connectivity index (χ1) is 7.74. The van der Waals surface area contributed by atoms with Crippen LogP contribution in [-0.2, 0) is 10.0 Å². The summed E-state index contributed by atoms with van der Waals surface area (Å²) in [6.07, 6.45) is 0. The highest BCUT2D eigenvalue weighted by molar-refractivity contribution is 9.11. The van der Waals surface area contributed by atoms with Crippen LogP contribution in [0.5, 0.6) is 0 Å². The molecule has 0 aliphatic rings. The van der Waals surface area contributed by atoms with Crippen molar-refractivity contribution < 1.29 is 8.42 Å². The highest BCUT2D eigenvalue weighted by atomic mass is 79.9. The Bertz CT molecular complexity index is 482. The summed E-state index contributed by atoms with van der Waals surface area (Å²) in [4.78, 5) is 1.29. The lowest BCUT2D eigenvalue weighted by Crippen LogP contribution is -2.31. The van der Waals surface area contributed by atoms with Crippen LogP contribution in [-0.4, -0.2) is 19.8 Å². The zero-order valence-electron chi connectivity index (χ0n) is 9.83. The summed E-state index contributed by atoms with van der Waals surface area (Å²) in [5, 5.41) is 0. The molecule has 7 heteroatoms. The quantitative estimate of drug-likeness (QED) is 0.763. The molecule has 0 radical (unpaired) electrons. The van der Waals surface area contributed by atoms with Crippen molar-refractivity contribution in [2.45, 2.75) is 30.5 Å². The van der Waals surface area contributed by atoms with E-state index in [0.717, 1.165) is 8.66 Å². The van der Waals surface area contributed by atoms with Crippen molar-refractivity contribution in [2.75, 3.05) is 6.54 Å². The fourth-order valence-electron chi connectivity index (χ4n) is 1.20. The van der Waals surface area contributed by atoms with Crippen LogP contribution in [0.15, 0.2) is 14.7 Å². The molecule has 1 aromatic heterocycles. The van der Waals surface area contributed by atoms with Gasteiger partial charge >= 0.3 is 0 Å². The number of nitrogens with one attached hydrogen (secondary N) is 1. The van der Waals surface area contributed by atoms with E-state index in [1.807, 2.05) is 13.8 Å². The van der Waals surface area contributed by atoms with Crippen molar-refractivity contribution in [2.24, 2.45) is 5.92 Å². The minimum atomic E-state index is -3.40. The van der Waals surface area contributed by atoms with Gasteiger partial charge in [0.2, 0.25) is 10.0 Å². The molecule has 1 rings (SSSR count). The number of halogens is 2. The second-order valence-corrected chi connectivity index (χ2v) is 9.63. The number of hydrogen-bond acceptors (Lipinski definition) is 3. The van der Waals surface area contributed by atoms with Gasteiger partial charge in [-0.3, -0.25) is 0 Å². The highest BCUT2D eigenvalue weighted by Gasteiger charge is 2.21. The molecule has 17 heavy (non-hydrogen) atoms. The maximum absolute atomic E-state index is 12.0. The van der Waals surface area contributed by atoms with E-state index in [-0.39, 0.29) is 4.83 Å². The first-order valence-corrected chi connectivity index (χ1v) is 9.14. The fourth-order valence-corrected chi connectivity index (χ4v) is 5.05. The molecule has 3 nitrogen and oxygen atoms in total. The normalized spacial score (nSPS) is 14.2. The molecular formula is C10H15Br2NO2S2. The first kappa shape index (κ1) is 15.6. The van der Waals surface area contributed by atoms with Crippen molar-refractivity contribution in [1.29, 1.82) is 0 Å². The minimum absolute atomic E-state index is 0.139. The van der Waals surface area contributed by atoms with Gasteiger partial charge in [-0.25, -0.2) is 13.1 Å². The van der Waals surface area contributed by atoms with Crippen molar-refractivity contribution in [3.63, 3.8) is 0 Å². The molecule has 1 atom stereocenters. The van der Waals surface area contributed by atoms with Crippen molar-refractivity contribution >= 4 is 53.2 Å². The second-order valence-electron chi connectivity index (χ2n) is 4.08. The van der Waals surface area contributed by atoms with Crippen LogP contribution in [0.1, 0.15) is 18.7 Å². The number of aryl methyl sites for hydroxylation is 1. The van der Waals surface area contributed by atoms with E-state index in [1.54, 1.807) is 13.0 Å². The Morgan fingerprint density at radius 3 is 2.47 bits per heavy atom. The van der Waals surface area contributed by atoms with Crippen molar-refractivity contribution in [3.8, 4) is 0 Å². The highest BCUT2D eigenvalue weighted by Crippen LogP contribution is 2.29. The first-order valence-electron chi connectivity index (χ1n) is 5.13. The molecule has 0 amide bonds. The summed E-state index contributed by atoms with van der Waals surface area (Å²) in [7, 11) is -3.40. The van der Waals surface area contributed by atoms with Crippen LogP contribution in [0, 0.1) is 12.8 Å². The Kier molecular flexibility index (Phi) is 5.65. The SMILES string of the molecule is Cc1sc(Br)cc1S(=O)(=O)NCC(Br)C(C)C. The summed E-state index contributed by atoms with van der Waals surface area (Å²) < 4.78 is 27.5. The lowest BCUT2D eigenvalue weighted by atomic mass is 10.1. The van der Waals surface area contributed by atoms with Gasteiger partial charge in [0.05, 0.1) is 8.68 Å². The van der Waals surface area contributed by atoms with E-state index in [1.165, 1.54) is 11.3 Å². The minimum Gasteiger partial charge on any atom is -0.210 e. The van der Waals surface area contributed by atoms with Gasteiger partial charge in [0.25, 0.3) is 0 Å². The lowest BCUT2D eigenvalue weighted by molar-refractivity contribution is 0.563. The fraction of sp³-hybridized carbons (Fsp3) is 0.600. The Hall–Kier alpha value is 0.570.